The molecule has 14 heteroatoms. The average Bonchev–Trinajstić information content (AvgIpc) is 3.32. The Morgan fingerprint density at radius 1 is 1.27 bits per heavy atom. The van der Waals surface area contributed by atoms with Gasteiger partial charge in [0.25, 0.3) is 5.91 Å². The highest BCUT2D eigenvalue weighted by atomic mass is 19.4. The van der Waals surface area contributed by atoms with Gasteiger partial charge in [-0.3, -0.25) is 9.59 Å². The van der Waals surface area contributed by atoms with Gasteiger partial charge in [-0.25, -0.2) is 14.5 Å². The highest BCUT2D eigenvalue weighted by Crippen LogP contribution is 2.30. The molecule has 3 N–H and O–H groups in total. The van der Waals surface area contributed by atoms with Crippen LogP contribution >= 0.6 is 0 Å². The fraction of sp³-hybridized carbons (Fsp3) is 0.316. The number of ether oxygens (including phenoxy) is 1. The summed E-state index contributed by atoms with van der Waals surface area (Å²) in [5.74, 6) is -1.36. The van der Waals surface area contributed by atoms with Crippen molar-refractivity contribution in [1.82, 2.24) is 29.8 Å². The largest absolute Gasteiger partial charge is 0.574 e. The molecule has 3 aromatic heterocycles. The molecule has 0 bridgehead atoms. The molecule has 4 rings (SSSR count). The molecule has 0 saturated carbocycles. The summed E-state index contributed by atoms with van der Waals surface area (Å²) in [4.78, 5) is 34.3. The highest BCUT2D eigenvalue weighted by Gasteiger charge is 2.33. The molecule has 0 aliphatic carbocycles. The van der Waals surface area contributed by atoms with Gasteiger partial charge in [-0.15, -0.1) is 18.3 Å². The fourth-order valence-corrected chi connectivity index (χ4v) is 3.37. The van der Waals surface area contributed by atoms with E-state index in [0.717, 1.165) is 6.20 Å². The van der Waals surface area contributed by atoms with Gasteiger partial charge in [0, 0.05) is 32.9 Å². The van der Waals surface area contributed by atoms with E-state index >= 15 is 0 Å². The van der Waals surface area contributed by atoms with Crippen LogP contribution in [0.25, 0.3) is 5.65 Å². The van der Waals surface area contributed by atoms with E-state index in [1.807, 2.05) is 0 Å². The number of nitrogens with one attached hydrogen (secondary N) is 3. The number of aromatic nitrogens is 4. The lowest BCUT2D eigenvalue weighted by Crippen LogP contribution is -2.41. The van der Waals surface area contributed by atoms with Gasteiger partial charge >= 0.3 is 6.36 Å². The first kappa shape index (κ1) is 22.1. The summed E-state index contributed by atoms with van der Waals surface area (Å²) >= 11 is 0. The van der Waals surface area contributed by atoms with E-state index in [4.69, 9.17) is 0 Å². The van der Waals surface area contributed by atoms with Crippen molar-refractivity contribution in [2.45, 2.75) is 18.8 Å². The number of likely N-dealkylation sites (tertiary alicyclic amines) is 1. The van der Waals surface area contributed by atoms with Gasteiger partial charge in [-0.05, 0) is 18.6 Å². The molecule has 174 valence electrons. The Bertz CT molecular complexity index is 1210. The van der Waals surface area contributed by atoms with Crippen molar-refractivity contribution in [2.75, 3.05) is 31.3 Å². The molecule has 11 nitrogen and oxygen atoms in total. The van der Waals surface area contributed by atoms with Crippen molar-refractivity contribution in [1.29, 1.82) is 0 Å². The number of amides is 2. The van der Waals surface area contributed by atoms with Gasteiger partial charge in [-0.1, -0.05) is 0 Å². The van der Waals surface area contributed by atoms with Gasteiger partial charge in [0.05, 0.1) is 11.9 Å². The second-order valence-electron chi connectivity index (χ2n) is 7.18. The Morgan fingerprint density at radius 2 is 2.06 bits per heavy atom. The minimum absolute atomic E-state index is 0.0467. The molecular formula is C19H19F3N8O3. The summed E-state index contributed by atoms with van der Waals surface area (Å²) in [6.45, 7) is 0.528. The Balaban J connectivity index is 1.66. The average molecular weight is 464 g/mol. The van der Waals surface area contributed by atoms with E-state index in [2.05, 4.69) is 35.8 Å². The first-order valence-corrected chi connectivity index (χ1v) is 9.76. The fourth-order valence-electron chi connectivity index (χ4n) is 3.37. The maximum atomic E-state index is 12.8. The van der Waals surface area contributed by atoms with Gasteiger partial charge in [0.1, 0.15) is 11.7 Å². The van der Waals surface area contributed by atoms with Crippen molar-refractivity contribution in [3.8, 4) is 5.88 Å². The van der Waals surface area contributed by atoms with Crippen molar-refractivity contribution >= 4 is 34.7 Å². The minimum atomic E-state index is -4.93. The molecule has 0 aromatic carbocycles. The molecule has 3 aromatic rings. The quantitative estimate of drug-likeness (QED) is 0.504. The zero-order chi connectivity index (χ0) is 23.8. The highest BCUT2D eigenvalue weighted by molar-refractivity contribution is 5.97. The van der Waals surface area contributed by atoms with E-state index < -0.39 is 24.2 Å². The molecule has 1 atom stereocenters. The second-order valence-corrected chi connectivity index (χ2v) is 7.18. The minimum Gasteiger partial charge on any atom is -0.386 e. The number of hydrogen-bond acceptors (Lipinski definition) is 8. The van der Waals surface area contributed by atoms with E-state index in [1.165, 1.54) is 33.8 Å². The maximum Gasteiger partial charge on any atom is 0.574 e. The number of likely N-dealkylation sites (N-methyl/N-ethyl adjacent to an activating group) is 1. The first-order chi connectivity index (χ1) is 15.7. The summed E-state index contributed by atoms with van der Waals surface area (Å²) in [6.07, 6.45) is -2.00. The number of carbonyl (C=O) groups excluding carboxylic acids is 2. The lowest BCUT2D eigenvalue weighted by atomic mass is 10.2. The van der Waals surface area contributed by atoms with Crippen LogP contribution in [0.2, 0.25) is 0 Å². The van der Waals surface area contributed by atoms with Crippen LogP contribution in [0.3, 0.4) is 0 Å². The third-order valence-corrected chi connectivity index (χ3v) is 4.95. The number of fused-ring (bicyclic) bond motifs is 1. The molecule has 0 radical (unpaired) electrons. The number of carbonyl (C=O) groups is 2. The molecular weight excluding hydrogens is 445 g/mol. The van der Waals surface area contributed by atoms with Crippen molar-refractivity contribution in [3.63, 3.8) is 0 Å². The Morgan fingerprint density at radius 3 is 2.73 bits per heavy atom. The van der Waals surface area contributed by atoms with Gasteiger partial charge in [0.2, 0.25) is 11.8 Å². The molecule has 2 amide bonds. The van der Waals surface area contributed by atoms with Gasteiger partial charge in [0.15, 0.2) is 17.2 Å². The van der Waals surface area contributed by atoms with Crippen LogP contribution in [0.4, 0.5) is 30.4 Å². The van der Waals surface area contributed by atoms with Crippen LogP contribution in [0.5, 0.6) is 5.88 Å². The predicted molar refractivity (Wildman–Crippen MR) is 110 cm³/mol. The van der Waals surface area contributed by atoms with Crippen molar-refractivity contribution in [3.05, 3.63) is 36.3 Å². The van der Waals surface area contributed by atoms with Gasteiger partial charge in [-0.2, -0.15) is 0 Å². The standard InChI is InChI=1S/C19H19F3N8O3/c1-23-12-8-14(26-10-4-3-6-24-17(10)33-19(20,21)22)28-30-13(9-25-15(12)30)16(31)27-11-5-7-29(2)18(11)32/h3-4,6,8-9,11,23H,5,7H2,1-2H3,(H,26,28)(H,27,31)/t11-/m1/s1. The molecule has 33 heavy (non-hydrogen) atoms. The molecule has 0 unspecified atom stereocenters. The van der Waals surface area contributed by atoms with Crippen LogP contribution in [-0.4, -0.2) is 69.3 Å². The Labute approximate surface area is 184 Å². The van der Waals surface area contributed by atoms with Crippen LogP contribution in [-0.2, 0) is 4.79 Å². The molecule has 1 fully saturated rings. The number of nitrogens with zero attached hydrogens (tertiary/aromatic N) is 5. The first-order valence-electron chi connectivity index (χ1n) is 9.76. The number of pyridine rings is 1. The van der Waals surface area contributed by atoms with Crippen LogP contribution in [0.1, 0.15) is 16.9 Å². The molecule has 1 saturated heterocycles. The maximum absolute atomic E-state index is 12.8. The number of halogens is 3. The summed E-state index contributed by atoms with van der Waals surface area (Å²) in [5, 5.41) is 12.6. The lowest BCUT2D eigenvalue weighted by Gasteiger charge is -2.14. The zero-order valence-electron chi connectivity index (χ0n) is 17.5. The number of hydrogen-bond donors (Lipinski definition) is 3. The van der Waals surface area contributed by atoms with Crippen molar-refractivity contribution in [2.24, 2.45) is 0 Å². The van der Waals surface area contributed by atoms with Gasteiger partial charge < -0.3 is 25.6 Å². The second kappa shape index (κ2) is 8.44. The van der Waals surface area contributed by atoms with E-state index in [0.29, 0.717) is 24.3 Å². The topological polar surface area (TPSA) is 126 Å². The van der Waals surface area contributed by atoms with Crippen LogP contribution in [0, 0.1) is 0 Å². The van der Waals surface area contributed by atoms with E-state index in [9.17, 15) is 22.8 Å². The normalized spacial score (nSPS) is 16.2. The van der Waals surface area contributed by atoms with E-state index in [1.54, 1.807) is 14.1 Å². The number of alkyl halides is 3. The van der Waals surface area contributed by atoms with Crippen LogP contribution < -0.4 is 20.7 Å². The van der Waals surface area contributed by atoms with E-state index in [-0.39, 0.29) is 23.1 Å². The summed E-state index contributed by atoms with van der Waals surface area (Å²) in [7, 11) is 3.26. The Kier molecular flexibility index (Phi) is 5.66. The number of imidazole rings is 1. The number of anilines is 3. The lowest BCUT2D eigenvalue weighted by molar-refractivity contribution is -0.275. The molecule has 1 aliphatic heterocycles. The molecule has 1 aliphatic rings. The predicted octanol–water partition coefficient (Wildman–Crippen LogP) is 1.77. The van der Waals surface area contributed by atoms with Crippen LogP contribution in [0.15, 0.2) is 30.6 Å². The van der Waals surface area contributed by atoms with Crippen molar-refractivity contribution < 1.29 is 27.5 Å². The summed E-state index contributed by atoms with van der Waals surface area (Å²) in [6, 6.07) is 3.61. The summed E-state index contributed by atoms with van der Waals surface area (Å²) < 4.78 is 43.3. The third kappa shape index (κ3) is 4.58. The number of rotatable bonds is 6. The SMILES string of the molecule is CNc1cc(Nc2cccnc2OC(F)(F)F)nn2c(C(=O)N[C@@H]3CCN(C)C3=O)cnc12. The molecule has 4 heterocycles. The molecule has 0 spiro atoms. The Hall–Kier alpha value is -4.10. The zero-order valence-corrected chi connectivity index (χ0v) is 17.5. The monoisotopic (exact) mass is 464 g/mol. The third-order valence-electron chi connectivity index (χ3n) is 4.95. The summed E-state index contributed by atoms with van der Waals surface area (Å²) in [5.41, 5.74) is 0.714. The smallest absolute Gasteiger partial charge is 0.386 e.